The van der Waals surface area contributed by atoms with Crippen LogP contribution in [0.4, 0.5) is 10.5 Å². The number of amides is 3. The summed E-state index contributed by atoms with van der Waals surface area (Å²) >= 11 is 0. The van der Waals surface area contributed by atoms with Gasteiger partial charge in [-0.2, -0.15) is 0 Å². The summed E-state index contributed by atoms with van der Waals surface area (Å²) in [4.78, 5) is 26.7. The summed E-state index contributed by atoms with van der Waals surface area (Å²) in [5.41, 5.74) is 0.574. The average molecular weight is 435 g/mol. The fourth-order valence-electron chi connectivity index (χ4n) is 4.22. The number of nitrogens with one attached hydrogen (secondary N) is 2. The lowest BCUT2D eigenvalue weighted by Gasteiger charge is -2.44. The van der Waals surface area contributed by atoms with Gasteiger partial charge in [0.15, 0.2) is 11.5 Å². The van der Waals surface area contributed by atoms with Gasteiger partial charge in [-0.25, -0.2) is 4.79 Å². The molecule has 0 radical (unpaired) electrons. The van der Waals surface area contributed by atoms with Crippen molar-refractivity contribution in [2.75, 3.05) is 38.4 Å². The van der Waals surface area contributed by atoms with E-state index in [4.69, 9.17) is 18.9 Å². The summed E-state index contributed by atoms with van der Waals surface area (Å²) in [6, 6.07) is 4.59. The van der Waals surface area contributed by atoms with Crippen LogP contribution in [-0.2, 0) is 14.3 Å². The highest BCUT2D eigenvalue weighted by atomic mass is 16.7. The van der Waals surface area contributed by atoms with Crippen molar-refractivity contribution in [2.24, 2.45) is 0 Å². The lowest BCUT2D eigenvalue weighted by atomic mass is 9.95. The number of carbonyl (C=O) groups excluding carboxylic acids is 2. The number of nitrogens with zero attached hydrogens (tertiary/aromatic N) is 1. The SMILES string of the molecule is CCNC(=O)C[C@@H]1CC[C@@H]2[C@H](COC[C@@H](O)CN2C(=O)Nc2ccc3c(c2)OCO3)O1. The molecule has 0 aromatic heterocycles. The van der Waals surface area contributed by atoms with E-state index in [0.717, 1.165) is 0 Å². The van der Waals surface area contributed by atoms with Crippen LogP contribution in [0.5, 0.6) is 11.5 Å². The first kappa shape index (κ1) is 21.7. The smallest absolute Gasteiger partial charge is 0.322 e. The highest BCUT2D eigenvalue weighted by molar-refractivity contribution is 5.90. The normalized spacial score (nSPS) is 27.6. The molecule has 10 nitrogen and oxygen atoms in total. The minimum Gasteiger partial charge on any atom is -0.454 e. The molecule has 31 heavy (non-hydrogen) atoms. The molecule has 3 amide bonds. The summed E-state index contributed by atoms with van der Waals surface area (Å²) in [7, 11) is 0. The van der Waals surface area contributed by atoms with Crippen LogP contribution < -0.4 is 20.1 Å². The number of aliphatic hydroxyl groups excluding tert-OH is 1. The van der Waals surface area contributed by atoms with E-state index >= 15 is 0 Å². The molecule has 0 saturated carbocycles. The second kappa shape index (κ2) is 9.71. The van der Waals surface area contributed by atoms with Crippen LogP contribution in [0.15, 0.2) is 18.2 Å². The molecule has 2 saturated heterocycles. The van der Waals surface area contributed by atoms with Gasteiger partial charge in [-0.05, 0) is 31.9 Å². The Bertz CT molecular complexity index is 805. The number of benzene rings is 1. The molecule has 0 spiro atoms. The maximum atomic E-state index is 13.1. The largest absolute Gasteiger partial charge is 0.454 e. The predicted molar refractivity (Wildman–Crippen MR) is 110 cm³/mol. The molecule has 1 aromatic rings. The Kier molecular flexibility index (Phi) is 6.79. The topological polar surface area (TPSA) is 119 Å². The lowest BCUT2D eigenvalue weighted by molar-refractivity contribution is -0.149. The highest BCUT2D eigenvalue weighted by Crippen LogP contribution is 2.34. The van der Waals surface area contributed by atoms with Crippen LogP contribution in [0.3, 0.4) is 0 Å². The molecule has 0 unspecified atom stereocenters. The summed E-state index contributed by atoms with van der Waals surface area (Å²) < 4.78 is 22.4. The second-order valence-electron chi connectivity index (χ2n) is 7.94. The number of hydrogen-bond acceptors (Lipinski definition) is 7. The van der Waals surface area contributed by atoms with Gasteiger partial charge < -0.3 is 39.6 Å². The molecule has 4 atom stereocenters. The zero-order chi connectivity index (χ0) is 21.8. The standard InChI is InChI=1S/C21H29N3O7/c1-2-22-20(26)8-15-4-5-16-19(31-15)11-28-10-14(25)9-24(16)21(27)23-13-3-6-17-18(7-13)30-12-29-17/h3,6-7,14-16,19,25H,2,4-5,8-12H2,1H3,(H,22,26)(H,23,27)/t14-,15-,16+,19-/m0/s1. The molecule has 3 heterocycles. The van der Waals surface area contributed by atoms with E-state index in [0.29, 0.717) is 36.6 Å². The Morgan fingerprint density at radius 3 is 2.87 bits per heavy atom. The van der Waals surface area contributed by atoms with E-state index < -0.39 is 6.10 Å². The van der Waals surface area contributed by atoms with Gasteiger partial charge >= 0.3 is 6.03 Å². The first-order chi connectivity index (χ1) is 15.0. The van der Waals surface area contributed by atoms with Gasteiger partial charge in [-0.15, -0.1) is 0 Å². The van der Waals surface area contributed by atoms with Gasteiger partial charge in [-0.1, -0.05) is 0 Å². The summed E-state index contributed by atoms with van der Waals surface area (Å²) in [6.45, 7) is 3.10. The first-order valence-corrected chi connectivity index (χ1v) is 10.7. The molecule has 2 fully saturated rings. The van der Waals surface area contributed by atoms with Crippen molar-refractivity contribution in [1.29, 1.82) is 0 Å². The molecule has 0 bridgehead atoms. The number of aliphatic hydroxyl groups is 1. The number of carbonyl (C=O) groups is 2. The fraction of sp³-hybridized carbons (Fsp3) is 0.619. The zero-order valence-electron chi connectivity index (χ0n) is 17.5. The maximum absolute atomic E-state index is 13.1. The fourth-order valence-corrected chi connectivity index (χ4v) is 4.22. The molecule has 3 aliphatic heterocycles. The molecule has 4 rings (SSSR count). The number of urea groups is 1. The number of hydrogen-bond donors (Lipinski definition) is 3. The Morgan fingerprint density at radius 2 is 2.03 bits per heavy atom. The molecule has 3 N–H and O–H groups in total. The number of fused-ring (bicyclic) bond motifs is 2. The van der Waals surface area contributed by atoms with E-state index in [-0.39, 0.29) is 63.2 Å². The van der Waals surface area contributed by atoms with Crippen molar-refractivity contribution in [1.82, 2.24) is 10.2 Å². The molecular formula is C21H29N3O7. The minimum absolute atomic E-state index is 0.0504. The van der Waals surface area contributed by atoms with Gasteiger partial charge in [0.25, 0.3) is 0 Å². The Hall–Kier alpha value is -2.56. The molecule has 170 valence electrons. The Labute approximate surface area is 180 Å². The van der Waals surface area contributed by atoms with Crippen LogP contribution in [0.2, 0.25) is 0 Å². The summed E-state index contributed by atoms with van der Waals surface area (Å²) in [5, 5.41) is 15.9. The number of anilines is 1. The predicted octanol–water partition coefficient (Wildman–Crippen LogP) is 1.08. The number of rotatable bonds is 4. The number of β-amino-alcohol motifs (C(OH)–C–C–N with tert-alkyl or cyclic N) is 1. The highest BCUT2D eigenvalue weighted by Gasteiger charge is 2.40. The molecule has 0 aliphatic carbocycles. The van der Waals surface area contributed by atoms with E-state index in [1.807, 2.05) is 6.92 Å². The third kappa shape index (κ3) is 5.20. The van der Waals surface area contributed by atoms with E-state index in [1.54, 1.807) is 23.1 Å². The lowest BCUT2D eigenvalue weighted by Crippen LogP contribution is -2.58. The quantitative estimate of drug-likeness (QED) is 0.648. The van der Waals surface area contributed by atoms with Crippen molar-refractivity contribution in [2.45, 2.75) is 50.5 Å². The van der Waals surface area contributed by atoms with Crippen LogP contribution >= 0.6 is 0 Å². The van der Waals surface area contributed by atoms with Crippen molar-refractivity contribution in [3.05, 3.63) is 18.2 Å². The van der Waals surface area contributed by atoms with Crippen LogP contribution in [0, 0.1) is 0 Å². The van der Waals surface area contributed by atoms with Gasteiger partial charge in [0.2, 0.25) is 12.7 Å². The monoisotopic (exact) mass is 435 g/mol. The molecule has 10 heteroatoms. The summed E-state index contributed by atoms with van der Waals surface area (Å²) in [5.74, 6) is 1.16. The minimum atomic E-state index is -0.795. The Balaban J connectivity index is 1.44. The van der Waals surface area contributed by atoms with Crippen molar-refractivity contribution in [3.8, 4) is 11.5 Å². The average Bonchev–Trinajstić information content (AvgIpc) is 3.19. The van der Waals surface area contributed by atoms with Crippen LogP contribution in [-0.4, -0.2) is 79.4 Å². The zero-order valence-corrected chi connectivity index (χ0v) is 17.5. The van der Waals surface area contributed by atoms with Crippen molar-refractivity contribution >= 4 is 17.6 Å². The third-order valence-corrected chi connectivity index (χ3v) is 5.65. The molecular weight excluding hydrogens is 406 g/mol. The number of ether oxygens (including phenoxy) is 4. The van der Waals surface area contributed by atoms with Gasteiger partial charge in [0.05, 0.1) is 44.4 Å². The van der Waals surface area contributed by atoms with Gasteiger partial charge in [-0.3, -0.25) is 4.79 Å². The third-order valence-electron chi connectivity index (χ3n) is 5.65. The van der Waals surface area contributed by atoms with Crippen LogP contribution in [0.1, 0.15) is 26.2 Å². The van der Waals surface area contributed by atoms with Crippen molar-refractivity contribution in [3.63, 3.8) is 0 Å². The Morgan fingerprint density at radius 1 is 1.19 bits per heavy atom. The first-order valence-electron chi connectivity index (χ1n) is 10.7. The van der Waals surface area contributed by atoms with E-state index in [9.17, 15) is 14.7 Å². The second-order valence-corrected chi connectivity index (χ2v) is 7.94. The van der Waals surface area contributed by atoms with Gasteiger partial charge in [0, 0.05) is 18.3 Å². The molecule has 3 aliphatic rings. The van der Waals surface area contributed by atoms with Crippen molar-refractivity contribution < 1.29 is 33.6 Å². The maximum Gasteiger partial charge on any atom is 0.322 e. The van der Waals surface area contributed by atoms with E-state index in [1.165, 1.54) is 0 Å². The van der Waals surface area contributed by atoms with E-state index in [2.05, 4.69) is 10.6 Å². The van der Waals surface area contributed by atoms with Crippen LogP contribution in [0.25, 0.3) is 0 Å². The summed E-state index contributed by atoms with van der Waals surface area (Å²) in [6.07, 6.45) is 0.184. The molecule has 1 aromatic carbocycles. The van der Waals surface area contributed by atoms with Gasteiger partial charge in [0.1, 0.15) is 6.10 Å².